The zero-order valence-corrected chi connectivity index (χ0v) is 16.8. The van der Waals surface area contributed by atoms with Gasteiger partial charge in [-0.05, 0) is 42.8 Å². The Balaban J connectivity index is 1.69. The second-order valence-electron chi connectivity index (χ2n) is 6.52. The van der Waals surface area contributed by atoms with Crippen molar-refractivity contribution in [2.24, 2.45) is 0 Å². The van der Waals surface area contributed by atoms with Crippen molar-refractivity contribution in [1.29, 1.82) is 0 Å². The predicted octanol–water partition coefficient (Wildman–Crippen LogP) is 2.93. The van der Waals surface area contributed by atoms with Crippen LogP contribution in [0, 0.1) is 0 Å². The van der Waals surface area contributed by atoms with Gasteiger partial charge in [-0.2, -0.15) is 0 Å². The Bertz CT molecular complexity index is 1070. The number of para-hydroxylation sites is 2. The van der Waals surface area contributed by atoms with E-state index in [0.29, 0.717) is 12.1 Å². The van der Waals surface area contributed by atoms with Gasteiger partial charge < -0.3 is 9.88 Å². The number of aryl methyl sites for hydroxylation is 1. The summed E-state index contributed by atoms with van der Waals surface area (Å²) in [4.78, 5) is 15.9. The number of anilines is 1. The standard InChI is InChI=1S/C20H24N4O3S/c1-3-14-24-19-7-5-4-6-18(19)23-20(24)12-13-21-28(26,27)17-10-8-16(9-11-17)22-15(2)25/h4-11,21H,3,12-14H2,1-2H3,(H,22,25). The fourth-order valence-corrected chi connectivity index (χ4v) is 4.12. The van der Waals surface area contributed by atoms with Crippen molar-refractivity contribution < 1.29 is 13.2 Å². The lowest BCUT2D eigenvalue weighted by molar-refractivity contribution is -0.114. The molecule has 1 aromatic heterocycles. The van der Waals surface area contributed by atoms with Crippen LogP contribution in [0.15, 0.2) is 53.4 Å². The Morgan fingerprint density at radius 2 is 1.82 bits per heavy atom. The number of hydrogen-bond acceptors (Lipinski definition) is 4. The fourth-order valence-electron chi connectivity index (χ4n) is 3.09. The number of carbonyl (C=O) groups excluding carboxylic acids is 1. The molecule has 0 spiro atoms. The molecule has 0 aliphatic rings. The first-order chi connectivity index (χ1) is 13.4. The quantitative estimate of drug-likeness (QED) is 0.608. The first-order valence-corrected chi connectivity index (χ1v) is 10.7. The number of nitrogens with zero attached hydrogens (tertiary/aromatic N) is 2. The second kappa shape index (κ2) is 8.53. The van der Waals surface area contributed by atoms with Crippen molar-refractivity contribution in [1.82, 2.24) is 14.3 Å². The molecule has 0 saturated heterocycles. The van der Waals surface area contributed by atoms with E-state index >= 15 is 0 Å². The molecule has 2 aromatic carbocycles. The van der Waals surface area contributed by atoms with Crippen LogP contribution in [0.25, 0.3) is 11.0 Å². The number of rotatable bonds is 8. The van der Waals surface area contributed by atoms with Crippen LogP contribution >= 0.6 is 0 Å². The molecular formula is C20H24N4O3S. The van der Waals surface area contributed by atoms with E-state index in [1.54, 1.807) is 12.1 Å². The highest BCUT2D eigenvalue weighted by Crippen LogP contribution is 2.17. The molecule has 0 bridgehead atoms. The van der Waals surface area contributed by atoms with Crippen LogP contribution in [0.5, 0.6) is 0 Å². The number of hydrogen-bond donors (Lipinski definition) is 2. The van der Waals surface area contributed by atoms with Crippen LogP contribution in [0.1, 0.15) is 26.1 Å². The van der Waals surface area contributed by atoms with Gasteiger partial charge in [-0.1, -0.05) is 19.1 Å². The maximum atomic E-state index is 12.5. The van der Waals surface area contributed by atoms with Crippen LogP contribution < -0.4 is 10.0 Å². The molecule has 3 aromatic rings. The van der Waals surface area contributed by atoms with E-state index in [4.69, 9.17) is 0 Å². The predicted molar refractivity (Wildman–Crippen MR) is 110 cm³/mol. The molecule has 3 rings (SSSR count). The highest BCUT2D eigenvalue weighted by atomic mass is 32.2. The Labute approximate surface area is 164 Å². The van der Waals surface area contributed by atoms with Crippen LogP contribution in [-0.4, -0.2) is 30.4 Å². The van der Waals surface area contributed by atoms with Crippen LogP contribution in [0.2, 0.25) is 0 Å². The van der Waals surface area contributed by atoms with E-state index in [0.717, 1.165) is 29.8 Å². The molecule has 7 nitrogen and oxygen atoms in total. The zero-order chi connectivity index (χ0) is 20.1. The minimum absolute atomic E-state index is 0.156. The van der Waals surface area contributed by atoms with Gasteiger partial charge in [0.15, 0.2) is 0 Å². The summed E-state index contributed by atoms with van der Waals surface area (Å²) >= 11 is 0. The van der Waals surface area contributed by atoms with E-state index < -0.39 is 10.0 Å². The molecule has 0 unspecified atom stereocenters. The van der Waals surface area contributed by atoms with Gasteiger partial charge in [0.1, 0.15) is 5.82 Å². The molecule has 8 heteroatoms. The first kappa shape index (κ1) is 20.0. The highest BCUT2D eigenvalue weighted by molar-refractivity contribution is 7.89. The zero-order valence-electron chi connectivity index (χ0n) is 16.0. The van der Waals surface area contributed by atoms with Gasteiger partial charge in [0.25, 0.3) is 0 Å². The SMILES string of the molecule is CCCn1c(CCNS(=O)(=O)c2ccc(NC(C)=O)cc2)nc2ccccc21. The van der Waals surface area contributed by atoms with Crippen molar-refractivity contribution in [3.05, 3.63) is 54.4 Å². The van der Waals surface area contributed by atoms with Gasteiger partial charge >= 0.3 is 0 Å². The molecule has 0 radical (unpaired) electrons. The van der Waals surface area contributed by atoms with Crippen LogP contribution in [0.4, 0.5) is 5.69 Å². The van der Waals surface area contributed by atoms with Gasteiger partial charge in [0, 0.05) is 32.1 Å². The maximum Gasteiger partial charge on any atom is 0.240 e. The average molecular weight is 401 g/mol. The maximum absolute atomic E-state index is 12.5. The third-order valence-electron chi connectivity index (χ3n) is 4.31. The normalized spacial score (nSPS) is 11.6. The number of amides is 1. The lowest BCUT2D eigenvalue weighted by Gasteiger charge is -2.10. The number of carbonyl (C=O) groups is 1. The summed E-state index contributed by atoms with van der Waals surface area (Å²) in [6.07, 6.45) is 1.47. The van der Waals surface area contributed by atoms with E-state index in [9.17, 15) is 13.2 Å². The van der Waals surface area contributed by atoms with E-state index in [2.05, 4.69) is 26.5 Å². The summed E-state index contributed by atoms with van der Waals surface area (Å²) in [5.74, 6) is 0.662. The minimum atomic E-state index is -3.63. The molecule has 2 N–H and O–H groups in total. The molecule has 1 heterocycles. The monoisotopic (exact) mass is 400 g/mol. The second-order valence-corrected chi connectivity index (χ2v) is 8.29. The van der Waals surface area contributed by atoms with Crippen molar-refractivity contribution in [2.75, 3.05) is 11.9 Å². The number of fused-ring (bicyclic) bond motifs is 1. The Kier molecular flexibility index (Phi) is 6.11. The number of nitrogens with one attached hydrogen (secondary N) is 2. The molecule has 0 atom stereocenters. The molecule has 148 valence electrons. The fraction of sp³-hybridized carbons (Fsp3) is 0.300. The van der Waals surface area contributed by atoms with Crippen molar-refractivity contribution >= 4 is 32.7 Å². The summed E-state index contributed by atoms with van der Waals surface area (Å²) in [7, 11) is -3.63. The van der Waals surface area contributed by atoms with E-state index in [-0.39, 0.29) is 17.3 Å². The van der Waals surface area contributed by atoms with Crippen LogP contribution in [-0.2, 0) is 27.8 Å². The average Bonchev–Trinajstić information content (AvgIpc) is 3.00. The van der Waals surface area contributed by atoms with E-state index in [1.165, 1.54) is 19.1 Å². The molecule has 0 aliphatic carbocycles. The van der Waals surface area contributed by atoms with Crippen molar-refractivity contribution in [2.45, 2.75) is 38.1 Å². The lowest BCUT2D eigenvalue weighted by Crippen LogP contribution is -2.26. The number of imidazole rings is 1. The summed E-state index contributed by atoms with van der Waals surface area (Å²) in [5, 5.41) is 2.61. The largest absolute Gasteiger partial charge is 0.328 e. The molecule has 0 aliphatic heterocycles. The summed E-state index contributed by atoms with van der Waals surface area (Å²) in [5.41, 5.74) is 2.54. The Hall–Kier alpha value is -2.71. The topological polar surface area (TPSA) is 93.1 Å². The molecule has 28 heavy (non-hydrogen) atoms. The first-order valence-electron chi connectivity index (χ1n) is 9.22. The van der Waals surface area contributed by atoms with Gasteiger partial charge in [0.05, 0.1) is 15.9 Å². The number of aromatic nitrogens is 2. The molecule has 1 amide bonds. The Morgan fingerprint density at radius 3 is 2.50 bits per heavy atom. The summed E-state index contributed by atoms with van der Waals surface area (Å²) in [6, 6.07) is 14.0. The molecule has 0 fully saturated rings. The van der Waals surface area contributed by atoms with Crippen molar-refractivity contribution in [3.63, 3.8) is 0 Å². The molecular weight excluding hydrogens is 376 g/mol. The lowest BCUT2D eigenvalue weighted by atomic mass is 10.3. The number of benzene rings is 2. The molecule has 0 saturated carbocycles. The minimum Gasteiger partial charge on any atom is -0.328 e. The van der Waals surface area contributed by atoms with Gasteiger partial charge in [0.2, 0.25) is 15.9 Å². The highest BCUT2D eigenvalue weighted by Gasteiger charge is 2.15. The number of sulfonamides is 1. The third-order valence-corrected chi connectivity index (χ3v) is 5.78. The third kappa shape index (κ3) is 4.58. The van der Waals surface area contributed by atoms with Crippen molar-refractivity contribution in [3.8, 4) is 0 Å². The van der Waals surface area contributed by atoms with Crippen LogP contribution in [0.3, 0.4) is 0 Å². The van der Waals surface area contributed by atoms with E-state index in [1.807, 2.05) is 24.3 Å². The smallest absolute Gasteiger partial charge is 0.240 e. The van der Waals surface area contributed by atoms with Gasteiger partial charge in [-0.15, -0.1) is 0 Å². The Morgan fingerprint density at radius 1 is 1.11 bits per heavy atom. The summed E-state index contributed by atoms with van der Waals surface area (Å²) < 4.78 is 29.8. The van der Waals surface area contributed by atoms with Gasteiger partial charge in [-0.25, -0.2) is 18.1 Å². The summed E-state index contributed by atoms with van der Waals surface area (Å²) in [6.45, 7) is 4.60. The van der Waals surface area contributed by atoms with Gasteiger partial charge in [-0.3, -0.25) is 4.79 Å².